The van der Waals surface area contributed by atoms with Crippen molar-refractivity contribution >= 4 is 27.6 Å². The van der Waals surface area contributed by atoms with Gasteiger partial charge in [-0.2, -0.15) is 18.6 Å². The molecule has 152 valence electrons. The molecule has 0 radical (unpaired) electrons. The molecule has 2 aromatic rings. The van der Waals surface area contributed by atoms with E-state index in [1.54, 1.807) is 29.2 Å². The zero-order chi connectivity index (χ0) is 20.4. The number of carbonyl (C=O) groups excluding carboxylic acids is 1. The Balaban J connectivity index is 1.44. The Bertz CT molecular complexity index is 1060. The number of benzene rings is 1. The zero-order valence-corrected chi connectivity index (χ0v) is 16.3. The molecule has 10 nitrogen and oxygen atoms in total. The van der Waals surface area contributed by atoms with Gasteiger partial charge in [-0.3, -0.25) is 9.52 Å². The Morgan fingerprint density at radius 2 is 2.17 bits per heavy atom. The monoisotopic (exact) mass is 416 g/mol. The number of carbonyl (C=O) groups is 1. The lowest BCUT2D eigenvalue weighted by molar-refractivity contribution is 0.0632. The van der Waals surface area contributed by atoms with Gasteiger partial charge in [0, 0.05) is 19.0 Å². The van der Waals surface area contributed by atoms with Gasteiger partial charge in [0.05, 0.1) is 35.8 Å². The first kappa shape index (κ1) is 19.1. The zero-order valence-electron chi connectivity index (χ0n) is 15.5. The van der Waals surface area contributed by atoms with Crippen LogP contribution in [0.3, 0.4) is 0 Å². The van der Waals surface area contributed by atoms with Gasteiger partial charge < -0.3 is 15.4 Å². The third-order valence-corrected chi connectivity index (χ3v) is 5.77. The standard InChI is InChI=1S/C18H20N6O4S/c19-17-16-14(22-29(26,27)23-17)4-1-5-15(16)28-11-12-3-2-8-24(10-12)18(25)13-6-7-20-21-9-13/h1,4-7,9,12,22H,2-3,8,10-11H2,(H2,19,23). The lowest BCUT2D eigenvalue weighted by atomic mass is 9.98. The number of amidine groups is 1. The van der Waals surface area contributed by atoms with Crippen LogP contribution in [0.5, 0.6) is 5.75 Å². The summed E-state index contributed by atoms with van der Waals surface area (Å²) in [6.45, 7) is 1.61. The highest BCUT2D eigenvalue weighted by molar-refractivity contribution is 7.91. The van der Waals surface area contributed by atoms with Gasteiger partial charge >= 0.3 is 10.2 Å². The van der Waals surface area contributed by atoms with Crippen LogP contribution in [0.15, 0.2) is 41.1 Å². The summed E-state index contributed by atoms with van der Waals surface area (Å²) in [6.07, 6.45) is 4.75. The second kappa shape index (κ2) is 7.66. The van der Waals surface area contributed by atoms with Crippen molar-refractivity contribution in [2.75, 3.05) is 24.4 Å². The topological polar surface area (TPSA) is 140 Å². The molecule has 1 fully saturated rings. The summed E-state index contributed by atoms with van der Waals surface area (Å²) in [7, 11) is -3.84. The average molecular weight is 416 g/mol. The first-order valence-corrected chi connectivity index (χ1v) is 10.6. The molecule has 1 aromatic carbocycles. The molecule has 0 bridgehead atoms. The maximum absolute atomic E-state index is 12.6. The summed E-state index contributed by atoms with van der Waals surface area (Å²) in [5, 5.41) is 7.46. The minimum Gasteiger partial charge on any atom is -0.492 e. The smallest absolute Gasteiger partial charge is 0.344 e. The van der Waals surface area contributed by atoms with Crippen LogP contribution < -0.4 is 15.2 Å². The van der Waals surface area contributed by atoms with E-state index in [9.17, 15) is 13.2 Å². The Morgan fingerprint density at radius 3 is 2.97 bits per heavy atom. The number of aromatic nitrogens is 2. The Hall–Kier alpha value is -3.21. The predicted octanol–water partition coefficient (Wildman–Crippen LogP) is 0.783. The van der Waals surface area contributed by atoms with Crippen LogP contribution in [-0.2, 0) is 10.2 Å². The largest absolute Gasteiger partial charge is 0.492 e. The first-order chi connectivity index (χ1) is 13.9. The summed E-state index contributed by atoms with van der Waals surface area (Å²) in [5.74, 6) is 0.400. The molecule has 3 N–H and O–H groups in total. The number of nitrogens with one attached hydrogen (secondary N) is 1. The normalized spacial score (nSPS) is 20.2. The average Bonchev–Trinajstić information content (AvgIpc) is 2.71. The van der Waals surface area contributed by atoms with E-state index in [0.717, 1.165) is 12.8 Å². The number of nitrogens with two attached hydrogens (primary N) is 1. The van der Waals surface area contributed by atoms with E-state index in [4.69, 9.17) is 10.5 Å². The maximum atomic E-state index is 12.6. The third kappa shape index (κ3) is 4.14. The number of piperidine rings is 1. The molecular weight excluding hydrogens is 396 g/mol. The molecule has 0 aliphatic carbocycles. The second-order valence-corrected chi connectivity index (χ2v) is 8.27. The minimum absolute atomic E-state index is 0.0764. The maximum Gasteiger partial charge on any atom is 0.344 e. The Morgan fingerprint density at radius 1 is 1.31 bits per heavy atom. The number of nitrogens with zero attached hydrogens (tertiary/aromatic N) is 4. The van der Waals surface area contributed by atoms with Gasteiger partial charge in [-0.15, -0.1) is 4.40 Å². The highest BCUT2D eigenvalue weighted by atomic mass is 32.2. The fraction of sp³-hybridized carbons (Fsp3) is 0.333. The summed E-state index contributed by atoms with van der Waals surface area (Å²) in [4.78, 5) is 14.4. The molecule has 1 amide bonds. The summed E-state index contributed by atoms with van der Waals surface area (Å²) >= 11 is 0. The molecule has 1 atom stereocenters. The summed E-state index contributed by atoms with van der Waals surface area (Å²) in [6, 6.07) is 6.65. The van der Waals surface area contributed by atoms with Crippen molar-refractivity contribution in [2.45, 2.75) is 12.8 Å². The molecule has 4 rings (SSSR count). The van der Waals surface area contributed by atoms with Crippen LogP contribution >= 0.6 is 0 Å². The van der Waals surface area contributed by atoms with Gasteiger partial charge in [-0.25, -0.2) is 0 Å². The van der Waals surface area contributed by atoms with E-state index >= 15 is 0 Å². The van der Waals surface area contributed by atoms with Crippen molar-refractivity contribution < 1.29 is 17.9 Å². The van der Waals surface area contributed by atoms with Gasteiger partial charge in [0.1, 0.15) is 5.75 Å². The molecule has 1 unspecified atom stereocenters. The molecule has 0 spiro atoms. The van der Waals surface area contributed by atoms with Gasteiger partial charge in [0.15, 0.2) is 5.84 Å². The van der Waals surface area contributed by atoms with Gasteiger partial charge in [0.2, 0.25) is 0 Å². The van der Waals surface area contributed by atoms with Crippen molar-refractivity contribution in [3.8, 4) is 5.75 Å². The molecule has 1 aromatic heterocycles. The number of hydrogen-bond acceptors (Lipinski definition) is 7. The first-order valence-electron chi connectivity index (χ1n) is 9.13. The highest BCUT2D eigenvalue weighted by Gasteiger charge is 2.27. The van der Waals surface area contributed by atoms with E-state index in [2.05, 4.69) is 19.3 Å². The number of fused-ring (bicyclic) bond motifs is 1. The molecule has 1 saturated heterocycles. The number of ether oxygens (including phenoxy) is 1. The lowest BCUT2D eigenvalue weighted by Gasteiger charge is -2.33. The van der Waals surface area contributed by atoms with Crippen LogP contribution in [-0.4, -0.2) is 55.0 Å². The number of rotatable bonds is 4. The Kier molecular flexibility index (Phi) is 5.05. The summed E-state index contributed by atoms with van der Waals surface area (Å²) in [5.41, 5.74) is 7.11. The van der Waals surface area contributed by atoms with Crippen molar-refractivity contribution in [3.63, 3.8) is 0 Å². The van der Waals surface area contributed by atoms with Crippen LogP contribution in [0.2, 0.25) is 0 Å². The fourth-order valence-electron chi connectivity index (χ4n) is 3.53. The van der Waals surface area contributed by atoms with Gasteiger partial charge in [-0.05, 0) is 31.0 Å². The van der Waals surface area contributed by atoms with Crippen LogP contribution in [0, 0.1) is 5.92 Å². The van der Waals surface area contributed by atoms with Crippen molar-refractivity contribution in [2.24, 2.45) is 16.0 Å². The third-order valence-electron chi connectivity index (χ3n) is 4.85. The van der Waals surface area contributed by atoms with Gasteiger partial charge in [-0.1, -0.05) is 6.07 Å². The molecule has 2 aliphatic rings. The molecule has 0 saturated carbocycles. The molecule has 29 heavy (non-hydrogen) atoms. The number of anilines is 1. The molecule has 2 aliphatic heterocycles. The second-order valence-electron chi connectivity index (χ2n) is 6.93. The van der Waals surface area contributed by atoms with E-state index in [0.29, 0.717) is 42.3 Å². The number of hydrogen-bond donors (Lipinski definition) is 2. The summed E-state index contributed by atoms with van der Waals surface area (Å²) < 4.78 is 35.2. The van der Waals surface area contributed by atoms with Crippen LogP contribution in [0.1, 0.15) is 28.8 Å². The predicted molar refractivity (Wildman–Crippen MR) is 106 cm³/mol. The van der Waals surface area contributed by atoms with Crippen molar-refractivity contribution in [1.29, 1.82) is 0 Å². The quantitative estimate of drug-likeness (QED) is 0.750. The SMILES string of the molecule is NC1=NS(=O)(=O)Nc2cccc(OCC3CCCN(C(=O)c4ccnnc4)C3)c21. The molecular formula is C18H20N6O4S. The van der Waals surface area contributed by atoms with Gasteiger partial charge in [0.25, 0.3) is 5.91 Å². The lowest BCUT2D eigenvalue weighted by Crippen LogP contribution is -2.41. The van der Waals surface area contributed by atoms with E-state index in [1.165, 1.54) is 12.4 Å². The molecule has 11 heteroatoms. The van der Waals surface area contributed by atoms with E-state index in [-0.39, 0.29) is 17.7 Å². The van der Waals surface area contributed by atoms with Crippen LogP contribution in [0.25, 0.3) is 0 Å². The Labute approximate surface area is 168 Å². The van der Waals surface area contributed by atoms with E-state index in [1.807, 2.05) is 0 Å². The minimum atomic E-state index is -3.84. The van der Waals surface area contributed by atoms with Crippen molar-refractivity contribution in [1.82, 2.24) is 15.1 Å². The molecule has 3 heterocycles. The number of amides is 1. The fourth-order valence-corrected chi connectivity index (χ4v) is 4.37. The highest BCUT2D eigenvalue weighted by Crippen LogP contribution is 2.31. The van der Waals surface area contributed by atoms with Crippen molar-refractivity contribution in [3.05, 3.63) is 47.8 Å². The van der Waals surface area contributed by atoms with E-state index < -0.39 is 10.2 Å². The number of likely N-dealkylation sites (tertiary alicyclic amines) is 1. The van der Waals surface area contributed by atoms with Crippen LogP contribution in [0.4, 0.5) is 5.69 Å².